The number of rotatable bonds is 9. The Morgan fingerprint density at radius 2 is 1.89 bits per heavy atom. The van der Waals surface area contributed by atoms with Crippen molar-refractivity contribution >= 4 is 35.0 Å². The van der Waals surface area contributed by atoms with Crippen molar-refractivity contribution in [2.45, 2.75) is 5.75 Å². The van der Waals surface area contributed by atoms with Crippen molar-refractivity contribution in [3.8, 4) is 5.75 Å². The predicted molar refractivity (Wildman–Crippen MR) is 104 cm³/mol. The largest absolute Gasteiger partial charge is 0.490 e. The van der Waals surface area contributed by atoms with Gasteiger partial charge in [-0.3, -0.25) is 19.7 Å². The fraction of sp³-hybridized carbons (Fsp3) is 0.222. The summed E-state index contributed by atoms with van der Waals surface area (Å²) >= 11 is 1.30. The smallest absolute Gasteiger partial charge is 0.311 e. The number of thioether (sulfide) groups is 1. The summed E-state index contributed by atoms with van der Waals surface area (Å²) < 4.78 is 4.95. The number of nitrogens with one attached hydrogen (secondary N) is 2. The molecule has 0 aliphatic rings. The number of methoxy groups -OCH3 is 1. The Morgan fingerprint density at radius 1 is 1.15 bits per heavy atom. The first-order valence-electron chi connectivity index (χ1n) is 8.00. The van der Waals surface area contributed by atoms with Gasteiger partial charge in [-0.2, -0.15) is 0 Å². The monoisotopic (exact) mass is 389 g/mol. The molecule has 27 heavy (non-hydrogen) atoms. The number of hydrogen-bond donors (Lipinski definition) is 2. The van der Waals surface area contributed by atoms with Gasteiger partial charge in [-0.15, -0.1) is 11.8 Å². The van der Waals surface area contributed by atoms with Crippen LogP contribution in [0.3, 0.4) is 0 Å². The third kappa shape index (κ3) is 6.63. The standard InChI is InChI=1S/C18H19N3O5S/c1-26-16-8-7-13(9-15(16)21(24)25)11-27-12-18(23)19-10-17(22)20-14-5-3-2-4-6-14/h2-9H,10-12H2,1H3,(H,19,23)(H,20,22). The van der Waals surface area contributed by atoms with Crippen LogP contribution in [-0.2, 0) is 15.3 Å². The lowest BCUT2D eigenvalue weighted by Gasteiger charge is -2.07. The summed E-state index contributed by atoms with van der Waals surface area (Å²) in [5.74, 6) is 0.153. The quantitative estimate of drug-likeness (QED) is 0.504. The van der Waals surface area contributed by atoms with Crippen molar-refractivity contribution in [2.24, 2.45) is 0 Å². The highest BCUT2D eigenvalue weighted by atomic mass is 32.2. The predicted octanol–water partition coefficient (Wildman–Crippen LogP) is 2.59. The van der Waals surface area contributed by atoms with Gasteiger partial charge >= 0.3 is 5.69 Å². The molecule has 142 valence electrons. The van der Waals surface area contributed by atoms with Crippen molar-refractivity contribution in [2.75, 3.05) is 24.7 Å². The molecule has 0 spiro atoms. The molecular formula is C18H19N3O5S. The molecule has 0 aliphatic heterocycles. The van der Waals surface area contributed by atoms with Crippen LogP contribution in [0.15, 0.2) is 48.5 Å². The average Bonchev–Trinajstić information content (AvgIpc) is 2.67. The Bertz CT molecular complexity index is 814. The maximum Gasteiger partial charge on any atom is 0.311 e. The van der Waals surface area contributed by atoms with Gasteiger partial charge < -0.3 is 15.4 Å². The molecule has 2 N–H and O–H groups in total. The van der Waals surface area contributed by atoms with Gasteiger partial charge in [0, 0.05) is 17.5 Å². The summed E-state index contributed by atoms with van der Waals surface area (Å²) in [7, 11) is 1.37. The van der Waals surface area contributed by atoms with Crippen molar-refractivity contribution < 1.29 is 19.2 Å². The number of benzene rings is 2. The van der Waals surface area contributed by atoms with Gasteiger partial charge in [0.05, 0.1) is 24.3 Å². The Morgan fingerprint density at radius 3 is 2.56 bits per heavy atom. The first kappa shape index (κ1) is 20.2. The lowest BCUT2D eigenvalue weighted by atomic mass is 10.2. The van der Waals surface area contributed by atoms with E-state index >= 15 is 0 Å². The van der Waals surface area contributed by atoms with E-state index in [0.29, 0.717) is 17.0 Å². The minimum Gasteiger partial charge on any atom is -0.490 e. The number of para-hydroxylation sites is 1. The number of anilines is 1. The molecular weight excluding hydrogens is 370 g/mol. The zero-order valence-electron chi connectivity index (χ0n) is 14.6. The van der Waals surface area contributed by atoms with E-state index in [1.54, 1.807) is 30.3 Å². The molecule has 2 aromatic rings. The summed E-state index contributed by atoms with van der Waals surface area (Å²) in [5, 5.41) is 16.2. The maximum absolute atomic E-state index is 11.8. The molecule has 8 nitrogen and oxygen atoms in total. The third-order valence-electron chi connectivity index (χ3n) is 3.45. The third-order valence-corrected chi connectivity index (χ3v) is 4.45. The maximum atomic E-state index is 11.8. The van der Waals surface area contributed by atoms with E-state index in [9.17, 15) is 19.7 Å². The summed E-state index contributed by atoms with van der Waals surface area (Å²) in [6.07, 6.45) is 0. The van der Waals surface area contributed by atoms with Crippen molar-refractivity contribution in [3.05, 3.63) is 64.2 Å². The Labute approximate surface area is 160 Å². The Kier molecular flexibility index (Phi) is 7.63. The van der Waals surface area contributed by atoms with Crippen LogP contribution in [0.25, 0.3) is 0 Å². The first-order valence-corrected chi connectivity index (χ1v) is 9.15. The number of nitro benzene ring substituents is 1. The van der Waals surface area contributed by atoms with Gasteiger partial charge in [0.1, 0.15) is 0 Å². The lowest BCUT2D eigenvalue weighted by molar-refractivity contribution is -0.385. The normalized spacial score (nSPS) is 10.1. The Hall–Kier alpha value is -3.07. The van der Waals surface area contributed by atoms with Gasteiger partial charge in [-0.25, -0.2) is 0 Å². The summed E-state index contributed by atoms with van der Waals surface area (Å²) in [6, 6.07) is 13.6. The zero-order chi connectivity index (χ0) is 19.6. The van der Waals surface area contributed by atoms with Crippen LogP contribution < -0.4 is 15.4 Å². The average molecular weight is 389 g/mol. The van der Waals surface area contributed by atoms with E-state index in [1.165, 1.54) is 31.0 Å². The van der Waals surface area contributed by atoms with Gasteiger partial charge in [-0.05, 0) is 23.8 Å². The zero-order valence-corrected chi connectivity index (χ0v) is 15.5. The summed E-state index contributed by atoms with van der Waals surface area (Å²) in [6.45, 7) is -0.123. The summed E-state index contributed by atoms with van der Waals surface area (Å²) in [5.41, 5.74) is 1.26. The summed E-state index contributed by atoms with van der Waals surface area (Å²) in [4.78, 5) is 34.1. The highest BCUT2D eigenvalue weighted by molar-refractivity contribution is 7.99. The second-order valence-corrected chi connectivity index (χ2v) is 6.43. The van der Waals surface area contributed by atoms with Gasteiger partial charge in [-0.1, -0.05) is 24.3 Å². The minimum absolute atomic E-state index is 0.113. The van der Waals surface area contributed by atoms with Crippen LogP contribution in [0.5, 0.6) is 5.75 Å². The molecule has 0 aromatic heterocycles. The van der Waals surface area contributed by atoms with E-state index in [4.69, 9.17) is 4.74 Å². The van der Waals surface area contributed by atoms with Crippen molar-refractivity contribution in [1.29, 1.82) is 0 Å². The molecule has 2 rings (SSSR count). The topological polar surface area (TPSA) is 111 Å². The fourth-order valence-electron chi connectivity index (χ4n) is 2.19. The van der Waals surface area contributed by atoms with Gasteiger partial charge in [0.15, 0.2) is 5.75 Å². The van der Waals surface area contributed by atoms with E-state index in [2.05, 4.69) is 10.6 Å². The van der Waals surface area contributed by atoms with E-state index in [0.717, 1.165) is 0 Å². The fourth-order valence-corrected chi connectivity index (χ4v) is 2.99. The highest BCUT2D eigenvalue weighted by Crippen LogP contribution is 2.28. The van der Waals surface area contributed by atoms with Crippen LogP contribution in [0.1, 0.15) is 5.56 Å². The Balaban J connectivity index is 1.73. The molecule has 0 atom stereocenters. The van der Waals surface area contributed by atoms with Crippen molar-refractivity contribution in [3.63, 3.8) is 0 Å². The van der Waals surface area contributed by atoms with Crippen LogP contribution in [-0.4, -0.2) is 36.1 Å². The number of nitro groups is 1. The number of nitrogens with zero attached hydrogens (tertiary/aromatic N) is 1. The highest BCUT2D eigenvalue weighted by Gasteiger charge is 2.15. The number of hydrogen-bond acceptors (Lipinski definition) is 6. The van der Waals surface area contributed by atoms with Crippen LogP contribution in [0, 0.1) is 10.1 Å². The number of ether oxygens (including phenoxy) is 1. The molecule has 9 heteroatoms. The van der Waals surface area contributed by atoms with E-state index in [-0.39, 0.29) is 35.5 Å². The van der Waals surface area contributed by atoms with E-state index in [1.807, 2.05) is 6.07 Å². The number of amides is 2. The SMILES string of the molecule is COc1ccc(CSCC(=O)NCC(=O)Nc2ccccc2)cc1[N+](=O)[O-]. The number of carbonyl (C=O) groups excluding carboxylic acids is 2. The molecule has 0 radical (unpaired) electrons. The molecule has 0 bridgehead atoms. The second-order valence-electron chi connectivity index (χ2n) is 5.45. The second kappa shape index (κ2) is 10.2. The van der Waals surface area contributed by atoms with Crippen LogP contribution in [0.4, 0.5) is 11.4 Å². The number of carbonyl (C=O) groups is 2. The molecule has 0 saturated carbocycles. The van der Waals surface area contributed by atoms with Gasteiger partial charge in [0.2, 0.25) is 11.8 Å². The minimum atomic E-state index is -0.509. The molecule has 0 aliphatic carbocycles. The molecule has 2 aromatic carbocycles. The van der Waals surface area contributed by atoms with E-state index < -0.39 is 4.92 Å². The van der Waals surface area contributed by atoms with Gasteiger partial charge in [0.25, 0.3) is 0 Å². The van der Waals surface area contributed by atoms with Crippen LogP contribution in [0.2, 0.25) is 0 Å². The molecule has 0 fully saturated rings. The first-order chi connectivity index (χ1) is 13.0. The molecule has 0 unspecified atom stereocenters. The molecule has 0 saturated heterocycles. The van der Waals surface area contributed by atoms with Crippen molar-refractivity contribution in [1.82, 2.24) is 5.32 Å². The molecule has 2 amide bonds. The molecule has 0 heterocycles. The lowest BCUT2D eigenvalue weighted by Crippen LogP contribution is -2.33. The van der Waals surface area contributed by atoms with Crippen LogP contribution >= 0.6 is 11.8 Å².